The maximum Gasteiger partial charge on any atom is 0.198 e. The Morgan fingerprint density at radius 1 is 1.50 bits per heavy atom. The van der Waals surface area contributed by atoms with Crippen molar-refractivity contribution >= 4 is 22.9 Å². The summed E-state index contributed by atoms with van der Waals surface area (Å²) in [6.45, 7) is 0. The molecule has 0 aliphatic rings. The lowest BCUT2D eigenvalue weighted by Crippen LogP contribution is -1.99. The van der Waals surface area contributed by atoms with E-state index in [1.165, 1.54) is 6.26 Å². The number of rotatable bonds is 3. The van der Waals surface area contributed by atoms with Gasteiger partial charge in [0.1, 0.15) is 0 Å². The first-order valence-electron chi connectivity index (χ1n) is 4.20. The fourth-order valence-electron chi connectivity index (χ4n) is 1.27. The molecule has 74 valence electrons. The highest BCUT2D eigenvalue weighted by molar-refractivity contribution is 7.09. The molecule has 14 heavy (non-hydrogen) atoms. The van der Waals surface area contributed by atoms with Crippen LogP contribution in [0.1, 0.15) is 16.5 Å². The van der Waals surface area contributed by atoms with Crippen LogP contribution >= 0.6 is 22.9 Å². The van der Waals surface area contributed by atoms with Gasteiger partial charge in [-0.3, -0.25) is 0 Å². The molecule has 0 aliphatic carbocycles. The number of aliphatic hydroxyl groups excluding tert-OH is 1. The first kappa shape index (κ1) is 9.77. The molecule has 1 N–H and O–H groups in total. The number of halogens is 1. The van der Waals surface area contributed by atoms with Crippen LogP contribution in [0.5, 0.6) is 0 Å². The lowest BCUT2D eigenvalue weighted by atomic mass is 10.1. The number of hydrogen-bond donors (Lipinski definition) is 1. The van der Waals surface area contributed by atoms with Crippen molar-refractivity contribution in [2.24, 2.45) is 0 Å². The molecule has 0 saturated heterocycles. The second kappa shape index (κ2) is 4.17. The summed E-state index contributed by atoms with van der Waals surface area (Å²) in [5, 5.41) is 12.1. The maximum atomic E-state index is 9.82. The van der Waals surface area contributed by atoms with Gasteiger partial charge in [0.05, 0.1) is 12.4 Å². The minimum Gasteiger partial charge on any atom is -0.453 e. The normalized spacial score (nSPS) is 13.0. The zero-order valence-electron chi connectivity index (χ0n) is 7.31. The summed E-state index contributed by atoms with van der Waals surface area (Å²) in [6.07, 6.45) is 1.48. The summed E-state index contributed by atoms with van der Waals surface area (Å²) in [5.74, 6) is 0. The molecule has 0 spiro atoms. The van der Waals surface area contributed by atoms with E-state index in [4.69, 9.17) is 16.0 Å². The summed E-state index contributed by atoms with van der Waals surface area (Å²) < 4.78 is 4.91. The second-order valence-electron chi connectivity index (χ2n) is 2.95. The number of hydrogen-bond acceptors (Lipinski definition) is 3. The van der Waals surface area contributed by atoms with E-state index in [1.54, 1.807) is 17.4 Å². The Morgan fingerprint density at radius 2 is 2.36 bits per heavy atom. The van der Waals surface area contributed by atoms with Crippen LogP contribution in [0.15, 0.2) is 34.3 Å². The predicted octanol–water partition coefficient (Wildman–Crippen LogP) is 3.27. The maximum absolute atomic E-state index is 9.82. The first-order chi connectivity index (χ1) is 6.77. The summed E-state index contributed by atoms with van der Waals surface area (Å²) >= 11 is 7.37. The van der Waals surface area contributed by atoms with Crippen LogP contribution in [0.2, 0.25) is 5.22 Å². The highest BCUT2D eigenvalue weighted by atomic mass is 35.5. The zero-order chi connectivity index (χ0) is 9.97. The Hall–Kier alpha value is -0.770. The molecule has 2 rings (SSSR count). The Labute approximate surface area is 90.8 Å². The van der Waals surface area contributed by atoms with Gasteiger partial charge in [-0.1, -0.05) is 6.07 Å². The third-order valence-corrected chi connectivity index (χ3v) is 3.19. The molecule has 0 saturated carbocycles. The van der Waals surface area contributed by atoms with E-state index in [1.807, 2.05) is 17.5 Å². The van der Waals surface area contributed by atoms with E-state index in [2.05, 4.69) is 0 Å². The topological polar surface area (TPSA) is 33.4 Å². The van der Waals surface area contributed by atoms with Crippen LogP contribution in [-0.2, 0) is 6.42 Å². The van der Waals surface area contributed by atoms with Crippen LogP contribution in [0, 0.1) is 0 Å². The van der Waals surface area contributed by atoms with Crippen molar-refractivity contribution in [1.82, 2.24) is 0 Å². The summed E-state index contributed by atoms with van der Waals surface area (Å²) in [4.78, 5) is 1.13. The molecule has 2 nitrogen and oxygen atoms in total. The molecule has 0 bridgehead atoms. The molecule has 0 fully saturated rings. The lowest BCUT2D eigenvalue weighted by Gasteiger charge is -2.06. The van der Waals surface area contributed by atoms with E-state index in [-0.39, 0.29) is 5.22 Å². The van der Waals surface area contributed by atoms with E-state index in [9.17, 15) is 5.11 Å². The molecule has 4 heteroatoms. The van der Waals surface area contributed by atoms with Gasteiger partial charge in [-0.2, -0.15) is 0 Å². The van der Waals surface area contributed by atoms with Crippen molar-refractivity contribution in [3.63, 3.8) is 0 Å². The Kier molecular flexibility index (Phi) is 2.91. The average Bonchev–Trinajstić information content (AvgIpc) is 2.75. The average molecular weight is 229 g/mol. The molecule has 1 unspecified atom stereocenters. The van der Waals surface area contributed by atoms with E-state index in [0.29, 0.717) is 12.0 Å². The smallest absolute Gasteiger partial charge is 0.198 e. The van der Waals surface area contributed by atoms with Crippen LogP contribution in [0.3, 0.4) is 0 Å². The largest absolute Gasteiger partial charge is 0.453 e. The summed E-state index contributed by atoms with van der Waals surface area (Å²) in [7, 11) is 0. The highest BCUT2D eigenvalue weighted by Gasteiger charge is 2.14. The van der Waals surface area contributed by atoms with E-state index in [0.717, 1.165) is 4.88 Å². The number of thiophene rings is 1. The summed E-state index contributed by atoms with van der Waals surface area (Å²) in [5.41, 5.74) is 0.653. The molecule has 0 aliphatic heterocycles. The van der Waals surface area contributed by atoms with Gasteiger partial charge in [0.2, 0.25) is 0 Å². The Bertz CT molecular complexity index is 394. The third kappa shape index (κ3) is 2.00. The fraction of sp³-hybridized carbons (Fsp3) is 0.200. The number of furan rings is 1. The van der Waals surface area contributed by atoms with Gasteiger partial charge < -0.3 is 9.52 Å². The van der Waals surface area contributed by atoms with Gasteiger partial charge in [-0.05, 0) is 29.1 Å². The molecule has 2 aromatic rings. The standard InChI is InChI=1S/C10H9ClO2S/c11-10-8(3-4-13-10)9(12)6-7-2-1-5-14-7/h1-5,9,12H,6H2. The third-order valence-electron chi connectivity index (χ3n) is 1.98. The molecular weight excluding hydrogens is 220 g/mol. The van der Waals surface area contributed by atoms with Gasteiger partial charge in [0, 0.05) is 16.9 Å². The van der Waals surface area contributed by atoms with Gasteiger partial charge in [-0.15, -0.1) is 11.3 Å². The molecular formula is C10H9ClO2S. The SMILES string of the molecule is OC(Cc1cccs1)c1ccoc1Cl. The van der Waals surface area contributed by atoms with Gasteiger partial charge in [0.25, 0.3) is 0 Å². The van der Waals surface area contributed by atoms with Crippen molar-refractivity contribution < 1.29 is 9.52 Å². The Balaban J connectivity index is 2.10. The second-order valence-corrected chi connectivity index (χ2v) is 4.32. The van der Waals surface area contributed by atoms with Crippen molar-refractivity contribution in [3.05, 3.63) is 45.5 Å². The molecule has 2 aromatic heterocycles. The van der Waals surface area contributed by atoms with E-state index >= 15 is 0 Å². The van der Waals surface area contributed by atoms with Crippen LogP contribution < -0.4 is 0 Å². The quantitative estimate of drug-likeness (QED) is 0.875. The Morgan fingerprint density at radius 3 is 2.93 bits per heavy atom. The lowest BCUT2D eigenvalue weighted by molar-refractivity contribution is 0.178. The van der Waals surface area contributed by atoms with Crippen molar-refractivity contribution in [2.45, 2.75) is 12.5 Å². The van der Waals surface area contributed by atoms with Crippen LogP contribution in [0.4, 0.5) is 0 Å². The van der Waals surface area contributed by atoms with Crippen molar-refractivity contribution in [2.75, 3.05) is 0 Å². The highest BCUT2D eigenvalue weighted by Crippen LogP contribution is 2.27. The van der Waals surface area contributed by atoms with Gasteiger partial charge in [-0.25, -0.2) is 0 Å². The molecule has 0 radical (unpaired) electrons. The fourth-order valence-corrected chi connectivity index (χ4v) is 2.26. The summed E-state index contributed by atoms with van der Waals surface area (Å²) in [6, 6.07) is 5.65. The monoisotopic (exact) mass is 228 g/mol. The first-order valence-corrected chi connectivity index (χ1v) is 5.46. The van der Waals surface area contributed by atoms with Crippen molar-refractivity contribution in [1.29, 1.82) is 0 Å². The van der Waals surface area contributed by atoms with Crippen molar-refractivity contribution in [3.8, 4) is 0 Å². The van der Waals surface area contributed by atoms with Crippen LogP contribution in [0.25, 0.3) is 0 Å². The minimum absolute atomic E-state index is 0.272. The zero-order valence-corrected chi connectivity index (χ0v) is 8.89. The van der Waals surface area contributed by atoms with Gasteiger partial charge in [0.15, 0.2) is 5.22 Å². The molecule has 0 amide bonds. The number of aliphatic hydroxyl groups is 1. The van der Waals surface area contributed by atoms with Gasteiger partial charge >= 0.3 is 0 Å². The minimum atomic E-state index is -0.583. The van der Waals surface area contributed by atoms with E-state index < -0.39 is 6.10 Å². The predicted molar refractivity (Wildman–Crippen MR) is 56.7 cm³/mol. The van der Waals surface area contributed by atoms with Crippen LogP contribution in [-0.4, -0.2) is 5.11 Å². The molecule has 1 atom stereocenters. The molecule has 0 aromatic carbocycles. The molecule has 2 heterocycles.